The largest absolute Gasteiger partial charge is 0.508 e. The third kappa shape index (κ3) is 2.18. The van der Waals surface area contributed by atoms with Crippen LogP contribution in [0.1, 0.15) is 23.6 Å². The van der Waals surface area contributed by atoms with Gasteiger partial charge in [0.15, 0.2) is 0 Å². The monoisotopic (exact) mass is 270 g/mol. The first-order valence-electron chi connectivity index (χ1n) is 6.47. The highest BCUT2D eigenvalue weighted by Crippen LogP contribution is 2.38. The number of hydrogen-bond acceptors (Lipinski definition) is 4. The van der Waals surface area contributed by atoms with Gasteiger partial charge in [0.1, 0.15) is 5.75 Å². The Kier molecular flexibility index (Phi) is 3.02. The summed E-state index contributed by atoms with van der Waals surface area (Å²) in [6.45, 7) is 0. The van der Waals surface area contributed by atoms with Crippen molar-refractivity contribution in [3.63, 3.8) is 0 Å². The Balaban J connectivity index is 1.86. The van der Waals surface area contributed by atoms with E-state index in [-0.39, 0.29) is 11.7 Å². The van der Waals surface area contributed by atoms with Gasteiger partial charge in [0.25, 0.3) is 5.69 Å². The number of aromatic hydroxyl groups is 1. The summed E-state index contributed by atoms with van der Waals surface area (Å²) >= 11 is 0. The summed E-state index contributed by atoms with van der Waals surface area (Å²) in [7, 11) is 0. The molecule has 5 nitrogen and oxygen atoms in total. The zero-order valence-electron chi connectivity index (χ0n) is 10.7. The topological polar surface area (TPSA) is 75.4 Å². The van der Waals surface area contributed by atoms with E-state index in [2.05, 4.69) is 5.32 Å². The molecule has 0 aliphatic heterocycles. The lowest BCUT2D eigenvalue weighted by molar-refractivity contribution is -0.384. The maximum absolute atomic E-state index is 10.8. The normalized spacial score (nSPS) is 16.7. The first-order valence-corrected chi connectivity index (χ1v) is 6.47. The summed E-state index contributed by atoms with van der Waals surface area (Å²) in [6, 6.07) is 12.1. The van der Waals surface area contributed by atoms with Gasteiger partial charge in [0.05, 0.1) is 11.0 Å². The van der Waals surface area contributed by atoms with Crippen molar-refractivity contribution in [2.45, 2.75) is 18.9 Å². The number of rotatable bonds is 3. The van der Waals surface area contributed by atoms with Crippen molar-refractivity contribution in [3.8, 4) is 5.75 Å². The second-order valence-corrected chi connectivity index (χ2v) is 4.89. The number of nitrogens with zero attached hydrogens (tertiary/aromatic N) is 1. The highest BCUT2D eigenvalue weighted by Gasteiger charge is 2.24. The van der Waals surface area contributed by atoms with E-state index in [4.69, 9.17) is 0 Å². The molecule has 0 heterocycles. The van der Waals surface area contributed by atoms with E-state index in [9.17, 15) is 15.2 Å². The first kappa shape index (κ1) is 12.5. The molecule has 5 heteroatoms. The van der Waals surface area contributed by atoms with Crippen LogP contribution in [0.2, 0.25) is 0 Å². The number of non-ortho nitro benzene ring substituents is 1. The third-order valence-corrected chi connectivity index (χ3v) is 3.64. The van der Waals surface area contributed by atoms with Crippen molar-refractivity contribution in [2.75, 3.05) is 5.32 Å². The molecule has 0 saturated heterocycles. The summed E-state index contributed by atoms with van der Waals surface area (Å²) < 4.78 is 0. The molecule has 2 aromatic rings. The Hall–Kier alpha value is -2.56. The molecular formula is C15H14N2O3. The second-order valence-electron chi connectivity index (χ2n) is 4.89. The molecule has 2 aromatic carbocycles. The zero-order valence-corrected chi connectivity index (χ0v) is 10.7. The molecule has 1 aliphatic carbocycles. The minimum atomic E-state index is -0.403. The molecule has 0 aromatic heterocycles. The molecule has 0 spiro atoms. The van der Waals surface area contributed by atoms with Crippen molar-refractivity contribution in [1.82, 2.24) is 0 Å². The van der Waals surface area contributed by atoms with Crippen molar-refractivity contribution in [1.29, 1.82) is 0 Å². The van der Waals surface area contributed by atoms with Gasteiger partial charge in [0, 0.05) is 17.8 Å². The molecule has 102 valence electrons. The first-order chi connectivity index (χ1) is 9.65. The van der Waals surface area contributed by atoms with Crippen LogP contribution in [-0.4, -0.2) is 10.0 Å². The van der Waals surface area contributed by atoms with Crippen LogP contribution in [0, 0.1) is 10.1 Å². The predicted molar refractivity (Wildman–Crippen MR) is 75.9 cm³/mol. The quantitative estimate of drug-likeness (QED) is 0.662. The standard InChI is InChI=1S/C15H14N2O3/c18-15-6-2-5-12-13(15)7-8-14(12)16-10-3-1-4-11(9-10)17(19)20/h1-6,9,14,16,18H,7-8H2. The molecule has 2 N–H and O–H groups in total. The number of nitrogens with one attached hydrogen (secondary N) is 1. The van der Waals surface area contributed by atoms with Crippen LogP contribution in [0.25, 0.3) is 0 Å². The van der Waals surface area contributed by atoms with Gasteiger partial charge >= 0.3 is 0 Å². The summed E-state index contributed by atoms with van der Waals surface area (Å²) in [6.07, 6.45) is 1.68. The van der Waals surface area contributed by atoms with E-state index >= 15 is 0 Å². The van der Waals surface area contributed by atoms with Crippen LogP contribution >= 0.6 is 0 Å². The second kappa shape index (κ2) is 4.85. The fraction of sp³-hybridized carbons (Fsp3) is 0.200. The van der Waals surface area contributed by atoms with Crippen LogP contribution in [0.4, 0.5) is 11.4 Å². The molecule has 20 heavy (non-hydrogen) atoms. The minimum Gasteiger partial charge on any atom is -0.508 e. The molecule has 0 radical (unpaired) electrons. The number of benzene rings is 2. The van der Waals surface area contributed by atoms with Crippen LogP contribution < -0.4 is 5.32 Å². The fourth-order valence-electron chi connectivity index (χ4n) is 2.70. The number of nitro groups is 1. The predicted octanol–water partition coefficient (Wildman–Crippen LogP) is 3.40. The molecule has 1 unspecified atom stereocenters. The van der Waals surface area contributed by atoms with Crippen LogP contribution in [0.5, 0.6) is 5.75 Å². The summed E-state index contributed by atoms with van der Waals surface area (Å²) in [5.74, 6) is 0.325. The van der Waals surface area contributed by atoms with E-state index in [1.165, 1.54) is 12.1 Å². The Morgan fingerprint density at radius 3 is 2.85 bits per heavy atom. The maximum atomic E-state index is 10.8. The number of anilines is 1. The molecule has 0 saturated carbocycles. The van der Waals surface area contributed by atoms with Gasteiger partial charge in [-0.1, -0.05) is 18.2 Å². The van der Waals surface area contributed by atoms with Crippen molar-refractivity contribution in [2.24, 2.45) is 0 Å². The molecule has 0 fully saturated rings. The Morgan fingerprint density at radius 2 is 2.05 bits per heavy atom. The molecule has 1 atom stereocenters. The number of fused-ring (bicyclic) bond motifs is 1. The zero-order chi connectivity index (χ0) is 14.1. The molecule has 0 bridgehead atoms. The summed E-state index contributed by atoms with van der Waals surface area (Å²) in [5.41, 5.74) is 2.83. The Labute approximate surface area is 116 Å². The van der Waals surface area contributed by atoms with Gasteiger partial charge in [-0.15, -0.1) is 0 Å². The summed E-state index contributed by atoms with van der Waals surface area (Å²) in [4.78, 5) is 10.4. The highest BCUT2D eigenvalue weighted by atomic mass is 16.6. The van der Waals surface area contributed by atoms with Gasteiger partial charge in [-0.3, -0.25) is 10.1 Å². The summed E-state index contributed by atoms with van der Waals surface area (Å²) in [5, 5.41) is 23.9. The van der Waals surface area contributed by atoms with Crippen molar-refractivity contribution in [3.05, 3.63) is 63.7 Å². The number of nitro benzene ring substituents is 1. The van der Waals surface area contributed by atoms with Gasteiger partial charge in [0.2, 0.25) is 0 Å². The van der Waals surface area contributed by atoms with E-state index in [1.54, 1.807) is 12.1 Å². The maximum Gasteiger partial charge on any atom is 0.271 e. The van der Waals surface area contributed by atoms with Crippen molar-refractivity contribution < 1.29 is 10.0 Å². The van der Waals surface area contributed by atoms with E-state index in [1.807, 2.05) is 18.2 Å². The Morgan fingerprint density at radius 1 is 1.25 bits per heavy atom. The third-order valence-electron chi connectivity index (χ3n) is 3.64. The van der Waals surface area contributed by atoms with Crippen LogP contribution in [0.3, 0.4) is 0 Å². The highest BCUT2D eigenvalue weighted by molar-refractivity contribution is 5.54. The molecule has 0 amide bonds. The number of hydrogen-bond donors (Lipinski definition) is 2. The smallest absolute Gasteiger partial charge is 0.271 e. The average Bonchev–Trinajstić information content (AvgIpc) is 2.84. The van der Waals surface area contributed by atoms with Crippen LogP contribution in [-0.2, 0) is 6.42 Å². The molecule has 1 aliphatic rings. The van der Waals surface area contributed by atoms with E-state index in [0.717, 1.165) is 29.7 Å². The van der Waals surface area contributed by atoms with Gasteiger partial charge in [-0.25, -0.2) is 0 Å². The van der Waals surface area contributed by atoms with Crippen molar-refractivity contribution >= 4 is 11.4 Å². The van der Waals surface area contributed by atoms with Gasteiger partial charge < -0.3 is 10.4 Å². The molecule has 3 rings (SSSR count). The number of phenols is 1. The average molecular weight is 270 g/mol. The van der Waals surface area contributed by atoms with E-state index in [0.29, 0.717) is 5.75 Å². The van der Waals surface area contributed by atoms with Gasteiger partial charge in [-0.2, -0.15) is 0 Å². The Bertz CT molecular complexity index is 670. The van der Waals surface area contributed by atoms with Crippen LogP contribution in [0.15, 0.2) is 42.5 Å². The molecular weight excluding hydrogens is 256 g/mol. The number of phenolic OH excluding ortho intramolecular Hbond substituents is 1. The SMILES string of the molecule is O=[N+]([O-])c1cccc(NC2CCc3c(O)cccc32)c1. The van der Waals surface area contributed by atoms with Gasteiger partial charge in [-0.05, 0) is 36.1 Å². The van der Waals surface area contributed by atoms with E-state index < -0.39 is 4.92 Å². The lowest BCUT2D eigenvalue weighted by atomic mass is 10.1. The lowest BCUT2D eigenvalue weighted by Crippen LogP contribution is -2.07. The minimum absolute atomic E-state index is 0.0733. The lowest BCUT2D eigenvalue weighted by Gasteiger charge is -2.15. The fourth-order valence-corrected chi connectivity index (χ4v) is 2.70.